The van der Waals surface area contributed by atoms with Gasteiger partial charge in [-0.25, -0.2) is 4.79 Å². The highest BCUT2D eigenvalue weighted by Crippen LogP contribution is 2.33. The highest BCUT2D eigenvalue weighted by Gasteiger charge is 2.22. The molecule has 0 saturated carbocycles. The van der Waals surface area contributed by atoms with Gasteiger partial charge >= 0.3 is 6.09 Å². The zero-order chi connectivity index (χ0) is 22.5. The number of aromatic nitrogens is 1. The topological polar surface area (TPSA) is 75.0 Å². The van der Waals surface area contributed by atoms with E-state index in [1.807, 2.05) is 34.6 Å². The average Bonchev–Trinajstić information content (AvgIpc) is 2.61. The van der Waals surface area contributed by atoms with Crippen molar-refractivity contribution in [2.24, 2.45) is 5.92 Å². The third-order valence-corrected chi connectivity index (χ3v) is 4.71. The van der Waals surface area contributed by atoms with Crippen LogP contribution in [0.5, 0.6) is 0 Å². The fourth-order valence-corrected chi connectivity index (χ4v) is 3.40. The second kappa shape index (κ2) is 9.75. The van der Waals surface area contributed by atoms with Crippen LogP contribution >= 0.6 is 0 Å². The monoisotopic (exact) mass is 407 g/mol. The predicted octanol–water partition coefficient (Wildman–Crippen LogP) is 5.65. The summed E-state index contributed by atoms with van der Waals surface area (Å²) in [4.78, 5) is 17.2. The Balaban J connectivity index is 2.61. The van der Waals surface area contributed by atoms with Gasteiger partial charge in [0.05, 0.1) is 12.5 Å². The molecule has 5 nitrogen and oxygen atoms in total. The summed E-state index contributed by atoms with van der Waals surface area (Å²) in [6, 6.07) is 10.5. The van der Waals surface area contributed by atoms with Crippen molar-refractivity contribution in [3.8, 4) is 17.2 Å². The molecule has 0 bridgehead atoms. The van der Waals surface area contributed by atoms with E-state index in [1.54, 1.807) is 0 Å². The van der Waals surface area contributed by atoms with Gasteiger partial charge in [0.2, 0.25) is 0 Å². The van der Waals surface area contributed by atoms with Crippen molar-refractivity contribution in [3.05, 3.63) is 52.3 Å². The molecule has 0 atom stereocenters. The molecule has 0 saturated heterocycles. The van der Waals surface area contributed by atoms with Crippen LogP contribution in [0.2, 0.25) is 0 Å². The normalized spacial score (nSPS) is 11.3. The van der Waals surface area contributed by atoms with Crippen molar-refractivity contribution in [2.45, 2.75) is 73.5 Å². The Morgan fingerprint density at radius 3 is 2.33 bits per heavy atom. The summed E-state index contributed by atoms with van der Waals surface area (Å²) in [5, 5.41) is 12.3. The average molecular weight is 408 g/mol. The highest BCUT2D eigenvalue weighted by molar-refractivity contribution is 5.74. The quantitative estimate of drug-likeness (QED) is 0.671. The van der Waals surface area contributed by atoms with E-state index in [4.69, 9.17) is 9.72 Å². The van der Waals surface area contributed by atoms with E-state index in [9.17, 15) is 10.1 Å². The number of ether oxygens (including phenoxy) is 1. The Bertz CT molecular complexity index is 933. The summed E-state index contributed by atoms with van der Waals surface area (Å²) in [6.45, 7) is 14.1. The summed E-state index contributed by atoms with van der Waals surface area (Å²) in [6.07, 6.45) is 0.562. The molecule has 0 radical (unpaired) electrons. The zero-order valence-electron chi connectivity index (χ0n) is 19.2. The van der Waals surface area contributed by atoms with Crippen LogP contribution in [0.3, 0.4) is 0 Å². The maximum Gasteiger partial charge on any atom is 0.407 e. The van der Waals surface area contributed by atoms with Gasteiger partial charge in [0.1, 0.15) is 6.61 Å². The molecule has 1 aromatic heterocycles. The SMILES string of the molecule is Cc1ccc(-c2c(CC#N)c(C)nc(CC(C)C)c2COC(=O)NC(C)(C)C)cc1. The number of nitrogens with one attached hydrogen (secondary N) is 1. The van der Waals surface area contributed by atoms with E-state index < -0.39 is 6.09 Å². The molecular weight excluding hydrogens is 374 g/mol. The molecule has 5 heteroatoms. The Morgan fingerprint density at radius 2 is 1.80 bits per heavy atom. The minimum atomic E-state index is -0.463. The molecule has 1 heterocycles. The minimum absolute atomic E-state index is 0.110. The van der Waals surface area contributed by atoms with E-state index >= 15 is 0 Å². The Kier molecular flexibility index (Phi) is 7.61. The summed E-state index contributed by atoms with van der Waals surface area (Å²) >= 11 is 0. The number of nitrogens with zero attached hydrogens (tertiary/aromatic N) is 2. The zero-order valence-corrected chi connectivity index (χ0v) is 19.2. The number of rotatable bonds is 6. The third-order valence-electron chi connectivity index (χ3n) is 4.71. The number of alkyl carbamates (subject to hydrolysis) is 1. The molecule has 2 aromatic rings. The van der Waals surface area contributed by atoms with Gasteiger partial charge in [-0.15, -0.1) is 0 Å². The lowest BCUT2D eigenvalue weighted by Gasteiger charge is -2.23. The van der Waals surface area contributed by atoms with Crippen LogP contribution in [0, 0.1) is 31.1 Å². The lowest BCUT2D eigenvalue weighted by Crippen LogP contribution is -2.40. The molecule has 0 fully saturated rings. The van der Waals surface area contributed by atoms with Crippen molar-refractivity contribution < 1.29 is 9.53 Å². The van der Waals surface area contributed by atoms with Crippen LogP contribution in [0.15, 0.2) is 24.3 Å². The maximum absolute atomic E-state index is 12.3. The number of carbonyl (C=O) groups is 1. The van der Waals surface area contributed by atoms with E-state index in [2.05, 4.69) is 49.5 Å². The Morgan fingerprint density at radius 1 is 1.17 bits per heavy atom. The number of aryl methyl sites for hydroxylation is 2. The molecule has 1 aromatic carbocycles. The number of nitriles is 1. The number of amides is 1. The Labute approximate surface area is 180 Å². The van der Waals surface area contributed by atoms with Crippen LogP contribution in [0.25, 0.3) is 11.1 Å². The van der Waals surface area contributed by atoms with Gasteiger partial charge in [0.25, 0.3) is 0 Å². The molecule has 30 heavy (non-hydrogen) atoms. The molecule has 2 rings (SSSR count). The predicted molar refractivity (Wildman–Crippen MR) is 120 cm³/mol. The molecule has 0 aliphatic rings. The van der Waals surface area contributed by atoms with Crippen LogP contribution in [0.1, 0.15) is 62.7 Å². The van der Waals surface area contributed by atoms with E-state index in [-0.39, 0.29) is 18.6 Å². The number of hydrogen-bond acceptors (Lipinski definition) is 4. The van der Waals surface area contributed by atoms with Crippen molar-refractivity contribution in [3.63, 3.8) is 0 Å². The second-order valence-electron chi connectivity index (χ2n) is 9.23. The first-order valence-corrected chi connectivity index (χ1v) is 10.4. The third kappa shape index (κ3) is 6.32. The fraction of sp³-hybridized carbons (Fsp3) is 0.480. The van der Waals surface area contributed by atoms with Crippen LogP contribution in [-0.2, 0) is 24.2 Å². The van der Waals surface area contributed by atoms with Gasteiger partial charge in [-0.1, -0.05) is 43.7 Å². The first-order valence-electron chi connectivity index (χ1n) is 10.4. The van der Waals surface area contributed by atoms with Gasteiger partial charge < -0.3 is 10.1 Å². The molecule has 0 aliphatic heterocycles. The van der Waals surface area contributed by atoms with Crippen molar-refractivity contribution >= 4 is 6.09 Å². The molecule has 1 N–H and O–H groups in total. The lowest BCUT2D eigenvalue weighted by molar-refractivity contribution is 0.131. The van der Waals surface area contributed by atoms with Gasteiger partial charge in [-0.05, 0) is 63.6 Å². The standard InChI is InChI=1S/C25H33N3O2/c1-16(2)14-22-21(15-30-24(29)28-25(5,6)7)23(19-10-8-17(3)9-11-19)20(12-13-26)18(4)27-22/h8-11,16H,12,14-15H2,1-7H3,(H,28,29). The second-order valence-corrected chi connectivity index (χ2v) is 9.23. The maximum atomic E-state index is 12.3. The number of benzene rings is 1. The number of pyridine rings is 1. The van der Waals surface area contributed by atoms with Crippen LogP contribution in [-0.4, -0.2) is 16.6 Å². The first-order chi connectivity index (χ1) is 14.0. The number of hydrogen-bond donors (Lipinski definition) is 1. The van der Waals surface area contributed by atoms with E-state index in [1.165, 1.54) is 0 Å². The molecular formula is C25H33N3O2. The smallest absolute Gasteiger partial charge is 0.407 e. The van der Waals surface area contributed by atoms with Crippen LogP contribution < -0.4 is 5.32 Å². The first kappa shape index (κ1) is 23.4. The van der Waals surface area contributed by atoms with E-state index in [0.29, 0.717) is 5.92 Å². The van der Waals surface area contributed by atoms with Crippen molar-refractivity contribution in [1.29, 1.82) is 5.26 Å². The van der Waals surface area contributed by atoms with E-state index in [0.717, 1.165) is 45.6 Å². The summed E-state index contributed by atoms with van der Waals surface area (Å²) < 4.78 is 5.61. The van der Waals surface area contributed by atoms with Gasteiger partial charge in [0, 0.05) is 22.5 Å². The number of carbonyl (C=O) groups excluding carboxylic acids is 1. The molecule has 1 amide bonds. The van der Waals surface area contributed by atoms with Crippen LogP contribution in [0.4, 0.5) is 4.79 Å². The molecule has 0 unspecified atom stereocenters. The highest BCUT2D eigenvalue weighted by atomic mass is 16.5. The van der Waals surface area contributed by atoms with Gasteiger partial charge in [-0.3, -0.25) is 4.98 Å². The summed E-state index contributed by atoms with van der Waals surface area (Å²) in [5.41, 5.74) is 6.30. The molecule has 0 aliphatic carbocycles. The summed E-state index contributed by atoms with van der Waals surface area (Å²) in [5.74, 6) is 0.395. The fourth-order valence-electron chi connectivity index (χ4n) is 3.40. The van der Waals surface area contributed by atoms with Crippen molar-refractivity contribution in [1.82, 2.24) is 10.3 Å². The lowest BCUT2D eigenvalue weighted by atomic mass is 9.89. The summed E-state index contributed by atoms with van der Waals surface area (Å²) in [7, 11) is 0. The Hall–Kier alpha value is -2.87. The van der Waals surface area contributed by atoms with Gasteiger partial charge in [-0.2, -0.15) is 5.26 Å². The largest absolute Gasteiger partial charge is 0.445 e. The van der Waals surface area contributed by atoms with Gasteiger partial charge in [0.15, 0.2) is 0 Å². The van der Waals surface area contributed by atoms with Crippen molar-refractivity contribution in [2.75, 3.05) is 0 Å². The molecule has 160 valence electrons. The minimum Gasteiger partial charge on any atom is -0.445 e. The molecule has 0 spiro atoms.